The summed E-state index contributed by atoms with van der Waals surface area (Å²) in [5.41, 5.74) is 2.87. The zero-order valence-electron chi connectivity index (χ0n) is 22.1. The summed E-state index contributed by atoms with van der Waals surface area (Å²) in [6.45, 7) is 2.13. The van der Waals surface area contributed by atoms with E-state index < -0.39 is 17.7 Å². The number of nitrogens with zero attached hydrogens (tertiary/aromatic N) is 1. The fourth-order valence-electron chi connectivity index (χ4n) is 4.64. The SMILES string of the molecule is COc1ccc(OC)c(C2/C(=C(/O)c3ccc(C)cc3)C(=O)C(=O)N2CCc2ccc(OC)c(OC)c2)c1. The van der Waals surface area contributed by atoms with Crippen molar-refractivity contribution in [1.82, 2.24) is 4.90 Å². The Kier molecular flexibility index (Phi) is 7.90. The molecule has 0 aromatic heterocycles. The summed E-state index contributed by atoms with van der Waals surface area (Å²) in [7, 11) is 6.17. The van der Waals surface area contributed by atoms with Crippen molar-refractivity contribution in [2.24, 2.45) is 0 Å². The Labute approximate surface area is 222 Å². The number of Topliss-reactive ketones (excluding diaryl/α,β-unsaturated/α-hetero) is 1. The van der Waals surface area contributed by atoms with Gasteiger partial charge in [-0.3, -0.25) is 9.59 Å². The fraction of sp³-hybridized carbons (Fsp3) is 0.267. The van der Waals surface area contributed by atoms with Crippen LogP contribution in [0.25, 0.3) is 5.76 Å². The molecule has 1 aliphatic heterocycles. The van der Waals surface area contributed by atoms with Gasteiger partial charge in [0, 0.05) is 17.7 Å². The van der Waals surface area contributed by atoms with Crippen LogP contribution in [-0.2, 0) is 16.0 Å². The van der Waals surface area contributed by atoms with Gasteiger partial charge in [-0.1, -0.05) is 35.9 Å². The van der Waals surface area contributed by atoms with Crippen LogP contribution in [-0.4, -0.2) is 56.7 Å². The molecule has 4 rings (SSSR count). The van der Waals surface area contributed by atoms with E-state index >= 15 is 0 Å². The quantitative estimate of drug-likeness (QED) is 0.250. The average molecular weight is 518 g/mol. The van der Waals surface area contributed by atoms with Crippen LogP contribution in [0.5, 0.6) is 23.0 Å². The van der Waals surface area contributed by atoms with Crippen LogP contribution in [0.1, 0.15) is 28.3 Å². The predicted octanol–water partition coefficient (Wildman–Crippen LogP) is 4.69. The maximum absolute atomic E-state index is 13.4. The first kappa shape index (κ1) is 26.6. The first-order valence-corrected chi connectivity index (χ1v) is 12.1. The number of aryl methyl sites for hydroxylation is 1. The first-order chi connectivity index (χ1) is 18.3. The van der Waals surface area contributed by atoms with Crippen molar-refractivity contribution < 1.29 is 33.6 Å². The number of aliphatic hydroxyl groups excluding tert-OH is 1. The molecule has 0 spiro atoms. The summed E-state index contributed by atoms with van der Waals surface area (Å²) < 4.78 is 21.8. The van der Waals surface area contributed by atoms with E-state index in [0.29, 0.717) is 40.5 Å². The number of rotatable bonds is 9. The number of benzene rings is 3. The summed E-state index contributed by atoms with van der Waals surface area (Å²) in [6.07, 6.45) is 0.431. The molecule has 1 heterocycles. The molecule has 3 aromatic rings. The summed E-state index contributed by atoms with van der Waals surface area (Å²) in [5, 5.41) is 11.3. The fourth-order valence-corrected chi connectivity index (χ4v) is 4.64. The topological polar surface area (TPSA) is 94.5 Å². The highest BCUT2D eigenvalue weighted by Gasteiger charge is 2.47. The monoisotopic (exact) mass is 517 g/mol. The zero-order valence-corrected chi connectivity index (χ0v) is 22.1. The summed E-state index contributed by atoms with van der Waals surface area (Å²) in [5.74, 6) is 0.449. The molecular formula is C30H31NO7. The van der Waals surface area contributed by atoms with Crippen LogP contribution < -0.4 is 18.9 Å². The van der Waals surface area contributed by atoms with Gasteiger partial charge in [0.1, 0.15) is 17.3 Å². The molecule has 3 aromatic carbocycles. The van der Waals surface area contributed by atoms with E-state index in [1.807, 2.05) is 31.2 Å². The normalized spacial score (nSPS) is 16.4. The zero-order chi connectivity index (χ0) is 27.4. The van der Waals surface area contributed by atoms with Crippen molar-refractivity contribution in [3.63, 3.8) is 0 Å². The molecule has 38 heavy (non-hydrogen) atoms. The molecule has 1 unspecified atom stereocenters. The summed E-state index contributed by atoms with van der Waals surface area (Å²) >= 11 is 0. The lowest BCUT2D eigenvalue weighted by atomic mass is 9.94. The number of ether oxygens (including phenoxy) is 4. The Balaban J connectivity index is 1.82. The molecule has 198 valence electrons. The maximum Gasteiger partial charge on any atom is 0.295 e. The minimum Gasteiger partial charge on any atom is -0.507 e. The van der Waals surface area contributed by atoms with E-state index in [1.54, 1.807) is 50.6 Å². The molecule has 0 saturated carbocycles. The molecular weight excluding hydrogens is 486 g/mol. The lowest BCUT2D eigenvalue weighted by molar-refractivity contribution is -0.139. The molecule has 1 atom stereocenters. The number of carbonyl (C=O) groups excluding carboxylic acids is 2. The number of hydrogen-bond acceptors (Lipinski definition) is 7. The smallest absolute Gasteiger partial charge is 0.295 e. The van der Waals surface area contributed by atoms with Gasteiger partial charge in [0.15, 0.2) is 11.5 Å². The van der Waals surface area contributed by atoms with Gasteiger partial charge in [0.25, 0.3) is 11.7 Å². The minimum atomic E-state index is -0.888. The van der Waals surface area contributed by atoms with Gasteiger partial charge in [-0.25, -0.2) is 0 Å². The molecule has 1 saturated heterocycles. The van der Waals surface area contributed by atoms with Crippen LogP contribution in [0.2, 0.25) is 0 Å². The third kappa shape index (κ3) is 5.02. The maximum atomic E-state index is 13.4. The Morgan fingerprint density at radius 2 is 1.47 bits per heavy atom. The molecule has 0 radical (unpaired) electrons. The first-order valence-electron chi connectivity index (χ1n) is 12.1. The van der Waals surface area contributed by atoms with Crippen molar-refractivity contribution in [3.05, 3.63) is 88.5 Å². The molecule has 8 heteroatoms. The van der Waals surface area contributed by atoms with Crippen molar-refractivity contribution >= 4 is 17.4 Å². The number of methoxy groups -OCH3 is 4. The van der Waals surface area contributed by atoms with Crippen LogP contribution in [0, 0.1) is 6.92 Å². The molecule has 0 aliphatic carbocycles. The van der Waals surface area contributed by atoms with Gasteiger partial charge in [-0.15, -0.1) is 0 Å². The third-order valence-corrected chi connectivity index (χ3v) is 6.69. The lowest BCUT2D eigenvalue weighted by Gasteiger charge is -2.27. The van der Waals surface area contributed by atoms with E-state index in [-0.39, 0.29) is 17.9 Å². The van der Waals surface area contributed by atoms with E-state index in [1.165, 1.54) is 19.1 Å². The van der Waals surface area contributed by atoms with Crippen LogP contribution in [0.4, 0.5) is 0 Å². The highest BCUT2D eigenvalue weighted by molar-refractivity contribution is 6.46. The summed E-state index contributed by atoms with van der Waals surface area (Å²) in [6, 6.07) is 16.9. The third-order valence-electron chi connectivity index (χ3n) is 6.69. The predicted molar refractivity (Wildman–Crippen MR) is 143 cm³/mol. The van der Waals surface area contributed by atoms with Gasteiger partial charge in [-0.2, -0.15) is 0 Å². The highest BCUT2D eigenvalue weighted by Crippen LogP contribution is 2.44. The number of likely N-dealkylation sites (tertiary alicyclic amines) is 1. The van der Waals surface area contributed by atoms with Gasteiger partial charge < -0.3 is 29.0 Å². The molecule has 1 amide bonds. The van der Waals surface area contributed by atoms with Crippen molar-refractivity contribution in [2.75, 3.05) is 35.0 Å². The molecule has 1 aliphatic rings. The van der Waals surface area contributed by atoms with Gasteiger partial charge in [-0.05, 0) is 49.2 Å². The van der Waals surface area contributed by atoms with Crippen LogP contribution in [0.15, 0.2) is 66.2 Å². The van der Waals surface area contributed by atoms with Crippen LogP contribution in [0.3, 0.4) is 0 Å². The Morgan fingerprint density at radius 1 is 0.816 bits per heavy atom. The van der Waals surface area contributed by atoms with Crippen molar-refractivity contribution in [3.8, 4) is 23.0 Å². The van der Waals surface area contributed by atoms with Gasteiger partial charge in [0.05, 0.1) is 40.1 Å². The lowest BCUT2D eigenvalue weighted by Crippen LogP contribution is -2.32. The molecule has 1 fully saturated rings. The van der Waals surface area contributed by atoms with Crippen molar-refractivity contribution in [1.29, 1.82) is 0 Å². The van der Waals surface area contributed by atoms with Gasteiger partial charge in [0.2, 0.25) is 0 Å². The minimum absolute atomic E-state index is 0.00211. The highest BCUT2D eigenvalue weighted by atomic mass is 16.5. The van der Waals surface area contributed by atoms with Crippen molar-refractivity contribution in [2.45, 2.75) is 19.4 Å². The number of hydrogen-bond donors (Lipinski definition) is 1. The van der Waals surface area contributed by atoms with E-state index in [9.17, 15) is 14.7 Å². The molecule has 8 nitrogen and oxygen atoms in total. The standard InChI is InChI=1S/C30H31NO7/c1-18-6-9-20(10-7-18)28(32)26-27(22-17-21(35-2)11-13-23(22)36-3)31(30(34)29(26)33)15-14-19-8-12-24(37-4)25(16-19)38-5/h6-13,16-17,27,32H,14-15H2,1-5H3/b28-26-. The van der Waals surface area contributed by atoms with Crippen LogP contribution >= 0.6 is 0 Å². The van der Waals surface area contributed by atoms with E-state index in [2.05, 4.69) is 0 Å². The van der Waals surface area contributed by atoms with E-state index in [0.717, 1.165) is 11.1 Å². The Hall–Kier alpha value is -4.46. The summed E-state index contributed by atoms with van der Waals surface area (Å²) in [4.78, 5) is 28.3. The second-order valence-corrected chi connectivity index (χ2v) is 8.91. The molecule has 1 N–H and O–H groups in total. The number of aliphatic hydroxyl groups is 1. The Morgan fingerprint density at radius 3 is 2.11 bits per heavy atom. The second-order valence-electron chi connectivity index (χ2n) is 8.91. The average Bonchev–Trinajstić information content (AvgIpc) is 3.20. The second kappa shape index (κ2) is 11.3. The number of carbonyl (C=O) groups is 2. The largest absolute Gasteiger partial charge is 0.507 e. The molecule has 0 bridgehead atoms. The number of amides is 1. The van der Waals surface area contributed by atoms with Gasteiger partial charge >= 0.3 is 0 Å². The van der Waals surface area contributed by atoms with E-state index in [4.69, 9.17) is 18.9 Å². The Bertz CT molecular complexity index is 1380. The number of ketones is 1.